The second-order valence-corrected chi connectivity index (χ2v) is 5.59. The van der Waals surface area contributed by atoms with Crippen LogP contribution in [0.4, 0.5) is 4.39 Å². The van der Waals surface area contributed by atoms with Gasteiger partial charge in [-0.3, -0.25) is 0 Å². The first-order valence-corrected chi connectivity index (χ1v) is 7.21. The van der Waals surface area contributed by atoms with E-state index >= 15 is 0 Å². The van der Waals surface area contributed by atoms with Crippen LogP contribution in [0.2, 0.25) is 0 Å². The first-order chi connectivity index (χ1) is 9.08. The molecule has 0 radical (unpaired) electrons. The van der Waals surface area contributed by atoms with Crippen molar-refractivity contribution >= 4 is 11.8 Å². The molecule has 1 N–H and O–H groups in total. The number of aryl methyl sites for hydroxylation is 1. The molecule has 1 nitrogen and oxygen atoms in total. The molecule has 0 fully saturated rings. The van der Waals surface area contributed by atoms with Gasteiger partial charge in [0.1, 0.15) is 5.82 Å². The van der Waals surface area contributed by atoms with Gasteiger partial charge in [-0.25, -0.2) is 4.39 Å². The van der Waals surface area contributed by atoms with Gasteiger partial charge < -0.3 is 5.11 Å². The van der Waals surface area contributed by atoms with Gasteiger partial charge in [-0.2, -0.15) is 0 Å². The molecule has 0 saturated carbocycles. The molecular formula is C16H17FOS. The molecular weight excluding hydrogens is 259 g/mol. The van der Waals surface area contributed by atoms with Crippen LogP contribution in [0.15, 0.2) is 47.4 Å². The summed E-state index contributed by atoms with van der Waals surface area (Å²) in [5.41, 5.74) is 3.16. The normalized spacial score (nSPS) is 12.4. The minimum atomic E-state index is -0.657. The number of thioether (sulfide) groups is 1. The van der Waals surface area contributed by atoms with E-state index in [1.165, 1.54) is 23.3 Å². The predicted molar refractivity (Wildman–Crippen MR) is 77.8 cm³/mol. The summed E-state index contributed by atoms with van der Waals surface area (Å²) in [5.74, 6) is 0.508. The average molecular weight is 276 g/mol. The highest BCUT2D eigenvalue weighted by molar-refractivity contribution is 7.98. The van der Waals surface area contributed by atoms with Crippen LogP contribution in [0.3, 0.4) is 0 Å². The monoisotopic (exact) mass is 276 g/mol. The van der Waals surface area contributed by atoms with Crippen LogP contribution in [0.5, 0.6) is 0 Å². The van der Waals surface area contributed by atoms with Crippen LogP contribution in [-0.4, -0.2) is 5.11 Å². The van der Waals surface area contributed by atoms with Gasteiger partial charge in [0.15, 0.2) is 0 Å². The minimum Gasteiger partial charge on any atom is -0.389 e. The Morgan fingerprint density at radius 2 is 1.95 bits per heavy atom. The van der Waals surface area contributed by atoms with Crippen LogP contribution in [0, 0.1) is 12.7 Å². The maximum atomic E-state index is 13.2. The van der Waals surface area contributed by atoms with Crippen LogP contribution in [0.25, 0.3) is 0 Å². The van der Waals surface area contributed by atoms with Gasteiger partial charge >= 0.3 is 0 Å². The average Bonchev–Trinajstić information content (AvgIpc) is 2.38. The van der Waals surface area contributed by atoms with E-state index in [0.717, 1.165) is 10.6 Å². The van der Waals surface area contributed by atoms with Crippen molar-refractivity contribution in [3.8, 4) is 0 Å². The summed E-state index contributed by atoms with van der Waals surface area (Å²) < 4.78 is 13.2. The van der Waals surface area contributed by atoms with Crippen LogP contribution < -0.4 is 0 Å². The van der Waals surface area contributed by atoms with Crippen molar-refractivity contribution in [3.05, 3.63) is 65.0 Å². The summed E-state index contributed by atoms with van der Waals surface area (Å²) in [5, 5.41) is 9.70. The van der Waals surface area contributed by atoms with E-state index in [1.54, 1.807) is 24.8 Å². The summed E-state index contributed by atoms with van der Waals surface area (Å²) in [6.07, 6.45) is -0.657. The molecule has 0 aromatic heterocycles. The Labute approximate surface area is 117 Å². The molecule has 100 valence electrons. The van der Waals surface area contributed by atoms with Crippen molar-refractivity contribution < 1.29 is 9.50 Å². The van der Waals surface area contributed by atoms with Gasteiger partial charge in [0, 0.05) is 10.6 Å². The quantitative estimate of drug-likeness (QED) is 0.831. The molecule has 0 heterocycles. The number of hydrogen-bond donors (Lipinski definition) is 1. The summed E-state index contributed by atoms with van der Waals surface area (Å²) in [6, 6.07) is 12.8. The van der Waals surface area contributed by atoms with Gasteiger partial charge in [0.05, 0.1) is 6.10 Å². The van der Waals surface area contributed by atoms with E-state index in [2.05, 4.69) is 19.1 Å². The largest absolute Gasteiger partial charge is 0.389 e. The molecule has 3 heteroatoms. The van der Waals surface area contributed by atoms with Gasteiger partial charge in [-0.1, -0.05) is 24.3 Å². The van der Waals surface area contributed by atoms with Gasteiger partial charge in [-0.05, 0) is 48.7 Å². The second kappa shape index (κ2) is 6.22. The summed E-state index contributed by atoms with van der Waals surface area (Å²) in [6.45, 7) is 3.74. The molecule has 2 rings (SSSR count). The Hall–Kier alpha value is -1.32. The highest BCUT2D eigenvalue weighted by Gasteiger charge is 2.10. The number of aliphatic hydroxyl groups is 1. The fourth-order valence-corrected chi connectivity index (χ4v) is 3.10. The maximum absolute atomic E-state index is 13.2. The molecule has 0 aliphatic rings. The molecule has 2 aromatic carbocycles. The van der Waals surface area contributed by atoms with E-state index in [1.807, 2.05) is 12.1 Å². The maximum Gasteiger partial charge on any atom is 0.123 e. The fraction of sp³-hybridized carbons (Fsp3) is 0.250. The van der Waals surface area contributed by atoms with Crippen molar-refractivity contribution in [2.45, 2.75) is 30.6 Å². The van der Waals surface area contributed by atoms with Crippen LogP contribution in [-0.2, 0) is 5.75 Å². The highest BCUT2D eigenvalue weighted by atomic mass is 32.2. The van der Waals surface area contributed by atoms with Crippen molar-refractivity contribution in [3.63, 3.8) is 0 Å². The smallest absolute Gasteiger partial charge is 0.123 e. The third-order valence-electron chi connectivity index (χ3n) is 3.07. The molecule has 1 unspecified atom stereocenters. The third-order valence-corrected chi connectivity index (χ3v) is 4.20. The lowest BCUT2D eigenvalue weighted by molar-refractivity contribution is 0.196. The van der Waals surface area contributed by atoms with E-state index in [4.69, 9.17) is 0 Å². The van der Waals surface area contributed by atoms with E-state index < -0.39 is 6.10 Å². The molecule has 2 aromatic rings. The lowest BCUT2D eigenvalue weighted by Crippen LogP contribution is -1.96. The van der Waals surface area contributed by atoms with Crippen molar-refractivity contribution in [2.75, 3.05) is 0 Å². The molecule has 0 spiro atoms. The molecule has 0 aliphatic carbocycles. The molecule has 0 saturated heterocycles. The summed E-state index contributed by atoms with van der Waals surface area (Å²) in [7, 11) is 0. The molecule has 0 aliphatic heterocycles. The zero-order chi connectivity index (χ0) is 13.8. The van der Waals surface area contributed by atoms with Gasteiger partial charge in [0.2, 0.25) is 0 Å². The minimum absolute atomic E-state index is 0.309. The first-order valence-electron chi connectivity index (χ1n) is 6.22. The SMILES string of the molecule is Cc1ccccc1CSc1ccc(F)cc1C(C)O. The van der Waals surface area contributed by atoms with Crippen molar-refractivity contribution in [1.82, 2.24) is 0 Å². The zero-order valence-electron chi connectivity index (χ0n) is 11.1. The molecule has 1 atom stereocenters. The molecule has 0 bridgehead atoms. The number of benzene rings is 2. The Morgan fingerprint density at radius 1 is 1.21 bits per heavy atom. The lowest BCUT2D eigenvalue weighted by atomic mass is 10.1. The second-order valence-electron chi connectivity index (χ2n) is 4.57. The van der Waals surface area contributed by atoms with Crippen LogP contribution in [0.1, 0.15) is 29.7 Å². The number of hydrogen-bond acceptors (Lipinski definition) is 2. The fourth-order valence-electron chi connectivity index (χ4n) is 1.90. The molecule has 19 heavy (non-hydrogen) atoms. The van der Waals surface area contributed by atoms with E-state index in [0.29, 0.717) is 5.56 Å². The van der Waals surface area contributed by atoms with Crippen molar-refractivity contribution in [1.29, 1.82) is 0 Å². The predicted octanol–water partition coefficient (Wildman–Crippen LogP) is 4.48. The Kier molecular flexibility index (Phi) is 4.61. The van der Waals surface area contributed by atoms with Crippen LogP contribution >= 0.6 is 11.8 Å². The standard InChI is InChI=1S/C16H17FOS/c1-11-5-3-4-6-13(11)10-19-16-8-7-14(17)9-15(16)12(2)18/h3-9,12,18H,10H2,1-2H3. The Balaban J connectivity index is 2.18. The van der Waals surface area contributed by atoms with E-state index in [-0.39, 0.29) is 5.82 Å². The number of halogens is 1. The van der Waals surface area contributed by atoms with Gasteiger partial charge in [0.25, 0.3) is 0 Å². The topological polar surface area (TPSA) is 20.2 Å². The Bertz CT molecular complexity index is 566. The van der Waals surface area contributed by atoms with Gasteiger partial charge in [-0.15, -0.1) is 11.8 Å². The summed E-state index contributed by atoms with van der Waals surface area (Å²) >= 11 is 1.62. The number of rotatable bonds is 4. The lowest BCUT2D eigenvalue weighted by Gasteiger charge is -2.12. The molecule has 0 amide bonds. The third kappa shape index (κ3) is 3.58. The first kappa shape index (κ1) is 14.1. The number of aliphatic hydroxyl groups excluding tert-OH is 1. The van der Waals surface area contributed by atoms with Crippen molar-refractivity contribution in [2.24, 2.45) is 0 Å². The van der Waals surface area contributed by atoms with E-state index in [9.17, 15) is 9.50 Å². The highest BCUT2D eigenvalue weighted by Crippen LogP contribution is 2.31. The summed E-state index contributed by atoms with van der Waals surface area (Å²) in [4.78, 5) is 0.930. The zero-order valence-corrected chi connectivity index (χ0v) is 11.9. The Morgan fingerprint density at radius 3 is 2.63 bits per heavy atom.